The Hall–Kier alpha value is -1.92. The molecule has 8 heteroatoms. The number of carbonyl (C=O) groups is 1. The van der Waals surface area contributed by atoms with Crippen LogP contribution in [0.2, 0.25) is 0 Å². The Morgan fingerprint density at radius 1 is 1.24 bits per heavy atom. The summed E-state index contributed by atoms with van der Waals surface area (Å²) in [6.45, 7) is 12.1. The molecule has 3 N–H and O–H groups in total. The highest BCUT2D eigenvalue weighted by Crippen LogP contribution is 2.47. The van der Waals surface area contributed by atoms with Crippen molar-refractivity contribution >= 4 is 13.8 Å². The number of phenolic OH excluding ortho intramolecular Hbond substituents is 1. The van der Waals surface area contributed by atoms with Gasteiger partial charge in [-0.15, -0.1) is 0 Å². The fourth-order valence-electron chi connectivity index (χ4n) is 4.56. The minimum atomic E-state index is -4.90. The van der Waals surface area contributed by atoms with Gasteiger partial charge in [-0.2, -0.15) is 0 Å². The van der Waals surface area contributed by atoms with E-state index in [9.17, 15) is 24.3 Å². The maximum absolute atomic E-state index is 13.1. The van der Waals surface area contributed by atoms with E-state index in [1.165, 1.54) is 5.57 Å². The molecule has 0 bridgehead atoms. The number of aromatic hydroxyl groups is 1. The number of allylic oxidation sites excluding steroid dienone is 3. The van der Waals surface area contributed by atoms with E-state index in [1.54, 1.807) is 12.1 Å². The molecule has 190 valence electrons. The molecule has 2 rings (SSSR count). The van der Waals surface area contributed by atoms with Crippen LogP contribution in [0.25, 0.3) is 0 Å². The van der Waals surface area contributed by atoms with E-state index in [1.807, 2.05) is 27.7 Å². The Bertz CT molecular complexity index is 947. The molecule has 0 amide bonds. The number of phosphoric acid groups is 1. The predicted octanol–water partition coefficient (Wildman–Crippen LogP) is 6.32. The second kappa shape index (κ2) is 12.7. The zero-order chi connectivity index (χ0) is 25.5. The number of hydrogen-bond acceptors (Lipinski definition) is 5. The molecule has 0 radical (unpaired) electrons. The van der Waals surface area contributed by atoms with Crippen LogP contribution in [0.5, 0.6) is 11.5 Å². The first-order valence-corrected chi connectivity index (χ1v) is 13.6. The van der Waals surface area contributed by atoms with E-state index in [2.05, 4.69) is 12.7 Å². The van der Waals surface area contributed by atoms with Crippen molar-refractivity contribution in [2.45, 2.75) is 91.1 Å². The minimum Gasteiger partial charge on any atom is -0.507 e. The van der Waals surface area contributed by atoms with Gasteiger partial charge in [-0.3, -0.25) is 4.52 Å². The number of aryl methyl sites for hydroxylation is 1. The van der Waals surface area contributed by atoms with Crippen molar-refractivity contribution in [1.29, 1.82) is 0 Å². The molecule has 1 aliphatic carbocycles. The molecule has 0 aliphatic heterocycles. The molecule has 0 fully saturated rings. The standard InChI is InChI=1S/C26H39O7P/c1-6-8-9-11-23(33-34(29,30)31)26(28)32-24-16-19(10-7-2)15-22(27)25(24)21-14-18(5)12-13-20(21)17(3)4/h14-16,20-21,23,27H,3,6-13H2,1-2,4-5H3,(H2,29,30,31)/t20-,21+,23?/m0/s1. The van der Waals surface area contributed by atoms with Crippen LogP contribution < -0.4 is 4.74 Å². The molecule has 0 aromatic heterocycles. The Kier molecular flexibility index (Phi) is 10.6. The molecule has 3 atom stereocenters. The van der Waals surface area contributed by atoms with Crippen molar-refractivity contribution in [3.63, 3.8) is 0 Å². The van der Waals surface area contributed by atoms with Crippen LogP contribution in [-0.4, -0.2) is 27.0 Å². The van der Waals surface area contributed by atoms with E-state index >= 15 is 0 Å². The van der Waals surface area contributed by atoms with Gasteiger partial charge in [-0.1, -0.05) is 63.3 Å². The average molecular weight is 495 g/mol. The van der Waals surface area contributed by atoms with Crippen molar-refractivity contribution < 1.29 is 33.5 Å². The number of ether oxygens (including phenoxy) is 1. The molecule has 7 nitrogen and oxygen atoms in total. The maximum atomic E-state index is 13.1. The number of phosphoric ester groups is 1. The zero-order valence-corrected chi connectivity index (χ0v) is 21.6. The largest absolute Gasteiger partial charge is 0.507 e. The summed E-state index contributed by atoms with van der Waals surface area (Å²) in [5, 5.41) is 11.0. The number of hydrogen-bond donors (Lipinski definition) is 3. The number of unbranched alkanes of at least 4 members (excludes halogenated alkanes) is 2. The van der Waals surface area contributed by atoms with E-state index in [4.69, 9.17) is 9.26 Å². The topological polar surface area (TPSA) is 113 Å². The summed E-state index contributed by atoms with van der Waals surface area (Å²) in [5.74, 6) is -0.807. The summed E-state index contributed by atoms with van der Waals surface area (Å²) in [5.41, 5.74) is 3.46. The molecule has 34 heavy (non-hydrogen) atoms. The molecule has 0 heterocycles. The summed E-state index contributed by atoms with van der Waals surface area (Å²) < 4.78 is 22.0. The fourth-order valence-corrected chi connectivity index (χ4v) is 5.08. The Labute approximate surface area is 203 Å². The van der Waals surface area contributed by atoms with Gasteiger partial charge in [0.15, 0.2) is 6.10 Å². The normalized spacial score (nSPS) is 19.4. The van der Waals surface area contributed by atoms with Crippen LogP contribution in [-0.2, 0) is 20.3 Å². The third-order valence-corrected chi connectivity index (χ3v) is 6.77. The molecule has 1 unspecified atom stereocenters. The van der Waals surface area contributed by atoms with Crippen molar-refractivity contribution in [1.82, 2.24) is 0 Å². The highest BCUT2D eigenvalue weighted by Gasteiger charge is 2.34. The summed E-state index contributed by atoms with van der Waals surface area (Å²) in [6.07, 6.45) is 6.35. The highest BCUT2D eigenvalue weighted by atomic mass is 31.2. The van der Waals surface area contributed by atoms with Gasteiger partial charge >= 0.3 is 13.8 Å². The smallest absolute Gasteiger partial charge is 0.470 e. The van der Waals surface area contributed by atoms with Gasteiger partial charge in [-0.05, 0) is 63.1 Å². The molecular weight excluding hydrogens is 455 g/mol. The summed E-state index contributed by atoms with van der Waals surface area (Å²) >= 11 is 0. The Balaban J connectivity index is 2.50. The quantitative estimate of drug-likeness (QED) is 0.102. The van der Waals surface area contributed by atoms with Crippen LogP contribution in [0.1, 0.15) is 89.7 Å². The van der Waals surface area contributed by atoms with E-state index < -0.39 is 19.9 Å². The van der Waals surface area contributed by atoms with Gasteiger partial charge < -0.3 is 19.6 Å². The van der Waals surface area contributed by atoms with Gasteiger partial charge in [0, 0.05) is 11.5 Å². The van der Waals surface area contributed by atoms with E-state index in [0.29, 0.717) is 18.4 Å². The molecule has 1 aliphatic rings. The summed E-state index contributed by atoms with van der Waals surface area (Å²) in [4.78, 5) is 31.7. The highest BCUT2D eigenvalue weighted by molar-refractivity contribution is 7.46. The van der Waals surface area contributed by atoms with Gasteiger partial charge in [0.05, 0.1) is 0 Å². The third kappa shape index (κ3) is 8.09. The average Bonchev–Trinajstić information content (AvgIpc) is 2.72. The van der Waals surface area contributed by atoms with Crippen LogP contribution >= 0.6 is 7.82 Å². The Morgan fingerprint density at radius 2 is 1.94 bits per heavy atom. The van der Waals surface area contributed by atoms with Crippen molar-refractivity contribution in [2.24, 2.45) is 5.92 Å². The lowest BCUT2D eigenvalue weighted by Gasteiger charge is -2.32. The van der Waals surface area contributed by atoms with E-state index in [-0.39, 0.29) is 29.8 Å². The molecule has 1 aromatic rings. The monoisotopic (exact) mass is 494 g/mol. The number of benzene rings is 1. The first-order valence-electron chi connectivity index (χ1n) is 12.1. The van der Waals surface area contributed by atoms with Gasteiger partial charge in [0.2, 0.25) is 0 Å². The fraction of sp³-hybridized carbons (Fsp3) is 0.577. The second-order valence-corrected chi connectivity index (χ2v) is 10.5. The zero-order valence-electron chi connectivity index (χ0n) is 20.7. The molecule has 0 saturated carbocycles. The molecule has 1 aromatic carbocycles. The lowest BCUT2D eigenvalue weighted by atomic mass is 9.73. The van der Waals surface area contributed by atoms with Crippen LogP contribution in [0, 0.1) is 5.92 Å². The number of rotatable bonds is 12. The van der Waals surface area contributed by atoms with Gasteiger partial charge in [-0.25, -0.2) is 9.36 Å². The SMILES string of the molecule is C=C(C)[C@@H]1CCC(C)=C[C@H]1c1c(O)cc(CCC)cc1OC(=O)C(CCCCC)OP(=O)(O)O. The first-order chi connectivity index (χ1) is 16.0. The maximum Gasteiger partial charge on any atom is 0.470 e. The predicted molar refractivity (Wildman–Crippen MR) is 133 cm³/mol. The lowest BCUT2D eigenvalue weighted by molar-refractivity contribution is -0.143. The number of phenols is 1. The van der Waals surface area contributed by atoms with Crippen molar-refractivity contribution in [3.05, 3.63) is 47.1 Å². The second-order valence-electron chi connectivity index (χ2n) is 9.31. The van der Waals surface area contributed by atoms with E-state index in [0.717, 1.165) is 43.2 Å². The lowest BCUT2D eigenvalue weighted by Crippen LogP contribution is -2.29. The van der Waals surface area contributed by atoms with Gasteiger partial charge in [0.1, 0.15) is 11.5 Å². The summed E-state index contributed by atoms with van der Waals surface area (Å²) in [7, 11) is -4.90. The molecular formula is C26H39O7P. The third-order valence-electron chi connectivity index (χ3n) is 6.24. The number of carbonyl (C=O) groups excluding carboxylic acids is 1. The minimum absolute atomic E-state index is 0.0365. The van der Waals surface area contributed by atoms with Crippen LogP contribution in [0.4, 0.5) is 0 Å². The van der Waals surface area contributed by atoms with Crippen molar-refractivity contribution in [3.8, 4) is 11.5 Å². The number of esters is 1. The van der Waals surface area contributed by atoms with Crippen LogP contribution in [0.3, 0.4) is 0 Å². The van der Waals surface area contributed by atoms with Crippen LogP contribution in [0.15, 0.2) is 35.9 Å². The van der Waals surface area contributed by atoms with Gasteiger partial charge in [0.25, 0.3) is 0 Å². The first kappa shape index (κ1) is 28.3. The Morgan fingerprint density at radius 3 is 2.53 bits per heavy atom. The summed E-state index contributed by atoms with van der Waals surface area (Å²) in [6, 6.07) is 3.44. The molecule has 0 saturated heterocycles. The molecule has 0 spiro atoms. The van der Waals surface area contributed by atoms with Crippen molar-refractivity contribution in [2.75, 3.05) is 0 Å².